The van der Waals surface area contributed by atoms with E-state index in [0.29, 0.717) is 34.7 Å². The Kier molecular flexibility index (Phi) is 5.49. The van der Waals surface area contributed by atoms with E-state index in [-0.39, 0.29) is 17.6 Å². The number of esters is 2. The van der Waals surface area contributed by atoms with Gasteiger partial charge in [-0.2, -0.15) is 0 Å². The van der Waals surface area contributed by atoms with Crippen molar-refractivity contribution in [3.8, 4) is 5.75 Å². The second-order valence-corrected chi connectivity index (χ2v) is 6.02. The quantitative estimate of drug-likeness (QED) is 0.445. The van der Waals surface area contributed by atoms with Crippen molar-refractivity contribution in [3.05, 3.63) is 70.4 Å². The van der Waals surface area contributed by atoms with Crippen LogP contribution in [0.15, 0.2) is 59.2 Å². The van der Waals surface area contributed by atoms with Gasteiger partial charge in [-0.05, 0) is 42.3 Å². The minimum Gasteiger partial charge on any atom is -0.427 e. The van der Waals surface area contributed by atoms with Crippen LogP contribution in [0.1, 0.15) is 30.9 Å². The normalized spacial score (nSPS) is 14.9. The summed E-state index contributed by atoms with van der Waals surface area (Å²) in [5, 5.41) is 0.449. The van der Waals surface area contributed by atoms with Gasteiger partial charge in [0.15, 0.2) is 5.70 Å². The predicted molar refractivity (Wildman–Crippen MR) is 99.0 cm³/mol. The fourth-order valence-corrected chi connectivity index (χ4v) is 2.59. The molecule has 0 unspecified atom stereocenters. The number of halogens is 1. The largest absolute Gasteiger partial charge is 0.427 e. The average Bonchev–Trinajstić information content (AvgIpc) is 2.96. The molecule has 0 aromatic heterocycles. The number of benzene rings is 2. The van der Waals surface area contributed by atoms with Crippen molar-refractivity contribution in [1.29, 1.82) is 0 Å². The lowest BCUT2D eigenvalue weighted by Gasteiger charge is -2.04. The monoisotopic (exact) mass is 369 g/mol. The molecule has 0 N–H and O–H groups in total. The van der Waals surface area contributed by atoms with Gasteiger partial charge in [-0.1, -0.05) is 42.8 Å². The Morgan fingerprint density at radius 1 is 1.23 bits per heavy atom. The van der Waals surface area contributed by atoms with Gasteiger partial charge in [-0.25, -0.2) is 9.79 Å². The molecule has 1 aliphatic heterocycles. The molecule has 0 amide bonds. The molecule has 0 spiro atoms. The van der Waals surface area contributed by atoms with Gasteiger partial charge in [0, 0.05) is 6.42 Å². The van der Waals surface area contributed by atoms with E-state index < -0.39 is 5.97 Å². The van der Waals surface area contributed by atoms with Gasteiger partial charge in [0.2, 0.25) is 5.90 Å². The van der Waals surface area contributed by atoms with E-state index in [1.165, 1.54) is 0 Å². The summed E-state index contributed by atoms with van der Waals surface area (Å²) in [5.41, 5.74) is 1.37. The highest BCUT2D eigenvalue weighted by molar-refractivity contribution is 6.34. The second kappa shape index (κ2) is 7.97. The van der Waals surface area contributed by atoms with Gasteiger partial charge in [0.05, 0.1) is 10.6 Å². The third-order valence-corrected chi connectivity index (χ3v) is 3.90. The third kappa shape index (κ3) is 4.18. The molecule has 0 atom stereocenters. The summed E-state index contributed by atoms with van der Waals surface area (Å²) in [5.74, 6) is -0.276. The maximum absolute atomic E-state index is 12.1. The Morgan fingerprint density at radius 3 is 2.81 bits per heavy atom. The molecule has 6 heteroatoms. The fourth-order valence-electron chi connectivity index (χ4n) is 2.37. The van der Waals surface area contributed by atoms with Crippen LogP contribution >= 0.6 is 11.6 Å². The molecular formula is C20H16ClNO4. The number of cyclic esters (lactones) is 1. The van der Waals surface area contributed by atoms with Gasteiger partial charge in [-0.15, -0.1) is 0 Å². The molecule has 0 fully saturated rings. The first-order valence-electron chi connectivity index (χ1n) is 8.15. The van der Waals surface area contributed by atoms with Crippen LogP contribution in [-0.4, -0.2) is 17.8 Å². The molecule has 0 saturated carbocycles. The third-order valence-electron chi connectivity index (χ3n) is 3.57. The Balaban J connectivity index is 1.84. The molecule has 5 nitrogen and oxygen atoms in total. The molecule has 1 aliphatic rings. The Bertz CT molecular complexity index is 918. The average molecular weight is 370 g/mol. The number of hydrogen-bond acceptors (Lipinski definition) is 5. The number of aliphatic imine (C=N–C) groups is 1. The second-order valence-electron chi connectivity index (χ2n) is 5.61. The zero-order valence-corrected chi connectivity index (χ0v) is 14.8. The van der Waals surface area contributed by atoms with Crippen molar-refractivity contribution >= 4 is 35.5 Å². The summed E-state index contributed by atoms with van der Waals surface area (Å²) in [4.78, 5) is 27.9. The Morgan fingerprint density at radius 2 is 2.04 bits per heavy atom. The van der Waals surface area contributed by atoms with Crippen molar-refractivity contribution < 1.29 is 19.1 Å². The SMILES string of the molecule is CCCC(=O)Oc1cccc(/C=C2\N=C(c3ccccc3Cl)OC2=O)c1. The van der Waals surface area contributed by atoms with Crippen LogP contribution in [0.4, 0.5) is 0 Å². The zero-order chi connectivity index (χ0) is 18.5. The molecule has 0 saturated heterocycles. The molecule has 0 bridgehead atoms. The van der Waals surface area contributed by atoms with Crippen LogP contribution in [0.2, 0.25) is 5.02 Å². The lowest BCUT2D eigenvalue weighted by Crippen LogP contribution is -2.06. The number of ether oxygens (including phenoxy) is 2. The van der Waals surface area contributed by atoms with E-state index in [0.717, 1.165) is 0 Å². The van der Waals surface area contributed by atoms with Gasteiger partial charge < -0.3 is 9.47 Å². The highest BCUT2D eigenvalue weighted by Crippen LogP contribution is 2.24. The van der Waals surface area contributed by atoms with Crippen LogP contribution in [0.5, 0.6) is 5.75 Å². The van der Waals surface area contributed by atoms with E-state index in [1.54, 1.807) is 54.6 Å². The van der Waals surface area contributed by atoms with E-state index in [9.17, 15) is 9.59 Å². The summed E-state index contributed by atoms with van der Waals surface area (Å²) >= 11 is 6.11. The molecule has 0 aliphatic carbocycles. The van der Waals surface area contributed by atoms with Crippen LogP contribution in [-0.2, 0) is 14.3 Å². The Labute approximate surface area is 155 Å². The van der Waals surface area contributed by atoms with Crippen molar-refractivity contribution in [1.82, 2.24) is 0 Å². The summed E-state index contributed by atoms with van der Waals surface area (Å²) in [6, 6.07) is 13.9. The van der Waals surface area contributed by atoms with Gasteiger partial charge >= 0.3 is 11.9 Å². The van der Waals surface area contributed by atoms with Crippen molar-refractivity contribution in [2.45, 2.75) is 19.8 Å². The first-order valence-corrected chi connectivity index (χ1v) is 8.53. The molecule has 3 rings (SSSR count). The van der Waals surface area contributed by atoms with Gasteiger partial charge in [0.25, 0.3) is 0 Å². The highest BCUT2D eigenvalue weighted by Gasteiger charge is 2.25. The van der Waals surface area contributed by atoms with E-state index in [2.05, 4.69) is 4.99 Å². The van der Waals surface area contributed by atoms with E-state index in [1.807, 2.05) is 6.92 Å². The van der Waals surface area contributed by atoms with Gasteiger partial charge in [-0.3, -0.25) is 4.79 Å². The molecular weight excluding hydrogens is 354 g/mol. The van der Waals surface area contributed by atoms with Crippen molar-refractivity contribution in [3.63, 3.8) is 0 Å². The maximum atomic E-state index is 12.1. The molecule has 132 valence electrons. The lowest BCUT2D eigenvalue weighted by atomic mass is 10.2. The van der Waals surface area contributed by atoms with Crippen LogP contribution in [0.25, 0.3) is 6.08 Å². The first kappa shape index (κ1) is 17.9. The van der Waals surface area contributed by atoms with Gasteiger partial charge in [0.1, 0.15) is 5.75 Å². The smallest absolute Gasteiger partial charge is 0.363 e. The van der Waals surface area contributed by atoms with E-state index in [4.69, 9.17) is 21.1 Å². The minimum absolute atomic E-state index is 0.150. The zero-order valence-electron chi connectivity index (χ0n) is 14.1. The molecule has 26 heavy (non-hydrogen) atoms. The molecule has 2 aromatic rings. The summed E-state index contributed by atoms with van der Waals surface area (Å²) in [7, 11) is 0. The van der Waals surface area contributed by atoms with Crippen molar-refractivity contribution in [2.75, 3.05) is 0 Å². The number of nitrogens with zero attached hydrogens (tertiary/aromatic N) is 1. The fraction of sp³-hybridized carbons (Fsp3) is 0.150. The molecule has 2 aromatic carbocycles. The number of carbonyl (C=O) groups is 2. The van der Waals surface area contributed by atoms with Crippen molar-refractivity contribution in [2.24, 2.45) is 4.99 Å². The predicted octanol–water partition coefficient (Wildman–Crippen LogP) is 4.39. The molecule has 1 heterocycles. The number of carbonyl (C=O) groups excluding carboxylic acids is 2. The Hall–Kier alpha value is -2.92. The first-order chi connectivity index (χ1) is 12.6. The standard InChI is InChI=1S/C20H16ClNO4/c1-2-6-18(23)25-14-8-5-7-13(11-14)12-17-20(24)26-19(22-17)15-9-3-4-10-16(15)21/h3-5,7-12H,2,6H2,1H3/b17-12-. The highest BCUT2D eigenvalue weighted by atomic mass is 35.5. The minimum atomic E-state index is -0.562. The topological polar surface area (TPSA) is 65.0 Å². The van der Waals surface area contributed by atoms with Crippen LogP contribution in [0.3, 0.4) is 0 Å². The maximum Gasteiger partial charge on any atom is 0.363 e. The summed E-state index contributed by atoms with van der Waals surface area (Å²) in [6.45, 7) is 1.91. The van der Waals surface area contributed by atoms with Crippen LogP contribution < -0.4 is 4.74 Å². The summed E-state index contributed by atoms with van der Waals surface area (Å²) in [6.07, 6.45) is 2.64. The van der Waals surface area contributed by atoms with Crippen LogP contribution in [0, 0.1) is 0 Å². The number of rotatable bonds is 5. The summed E-state index contributed by atoms with van der Waals surface area (Å²) < 4.78 is 10.5. The molecule has 0 radical (unpaired) electrons. The van der Waals surface area contributed by atoms with E-state index >= 15 is 0 Å². The number of hydrogen-bond donors (Lipinski definition) is 0. The lowest BCUT2D eigenvalue weighted by molar-refractivity contribution is -0.134.